The molecule has 0 N–H and O–H groups in total. The Balaban J connectivity index is 1.68. The first-order valence-corrected chi connectivity index (χ1v) is 16.1. The van der Waals surface area contributed by atoms with Crippen LogP contribution in [0.15, 0.2) is 72.8 Å². The molecular formula is C35H33N4O7S-. The van der Waals surface area contributed by atoms with Crippen molar-refractivity contribution in [3.05, 3.63) is 117 Å². The molecular weight excluding hydrogens is 620 g/mol. The zero-order valence-corrected chi connectivity index (χ0v) is 26.6. The smallest absolute Gasteiger partial charge is 0.272 e. The molecule has 0 aromatic heterocycles. The minimum Gasteiger partial charge on any atom is -0.747 e. The highest BCUT2D eigenvalue weighted by molar-refractivity contribution is 7.86. The van der Waals surface area contributed by atoms with E-state index in [1.807, 2.05) is 30.3 Å². The molecule has 3 rings (SSSR count). The van der Waals surface area contributed by atoms with Crippen molar-refractivity contribution < 1.29 is 31.9 Å². The number of hydrogen-bond acceptors (Lipinski definition) is 9. The van der Waals surface area contributed by atoms with Gasteiger partial charge in [-0.25, -0.2) is 28.6 Å². The number of rotatable bonds is 17. The maximum absolute atomic E-state index is 11.8. The summed E-state index contributed by atoms with van der Waals surface area (Å²) in [5.41, 5.74) is 1.01. The number of benzene rings is 3. The van der Waals surface area contributed by atoms with Crippen molar-refractivity contribution in [1.82, 2.24) is 0 Å². The largest absolute Gasteiger partial charge is 0.747 e. The van der Waals surface area contributed by atoms with E-state index < -0.39 is 15.4 Å². The molecule has 0 aliphatic heterocycles. The second kappa shape index (κ2) is 18.7. The van der Waals surface area contributed by atoms with Crippen molar-refractivity contribution >= 4 is 21.5 Å². The van der Waals surface area contributed by atoms with Crippen molar-refractivity contribution in [1.29, 1.82) is 10.5 Å². The summed E-state index contributed by atoms with van der Waals surface area (Å²) in [6, 6.07) is 24.6. The molecule has 0 radical (unpaired) electrons. The number of hydrogen-bond donors (Lipinski definition) is 0. The first-order chi connectivity index (χ1) is 22.7. The van der Waals surface area contributed by atoms with E-state index >= 15 is 0 Å². The lowest BCUT2D eigenvalue weighted by Gasteiger charge is -2.21. The summed E-state index contributed by atoms with van der Waals surface area (Å²) < 4.78 is 58.3. The van der Waals surface area contributed by atoms with Gasteiger partial charge in [-0.2, -0.15) is 0 Å². The molecule has 0 amide bonds. The number of nitriles is 2. The van der Waals surface area contributed by atoms with Crippen molar-refractivity contribution in [2.24, 2.45) is 0 Å². The Bertz CT molecular complexity index is 1860. The predicted octanol–water partition coefficient (Wildman–Crippen LogP) is 4.45. The molecule has 0 spiro atoms. The highest BCUT2D eigenvalue weighted by atomic mass is 32.2. The van der Waals surface area contributed by atoms with E-state index in [0.29, 0.717) is 18.1 Å². The summed E-state index contributed by atoms with van der Waals surface area (Å²) in [5.74, 6) is 0.472. The van der Waals surface area contributed by atoms with Crippen LogP contribution in [0.2, 0.25) is 0 Å². The summed E-state index contributed by atoms with van der Waals surface area (Å²) in [4.78, 5) is 6.57. The molecule has 0 saturated heterocycles. The van der Waals surface area contributed by atoms with Crippen LogP contribution in [0.1, 0.15) is 42.1 Å². The second-order valence-electron chi connectivity index (χ2n) is 10.2. The molecule has 0 bridgehead atoms. The van der Waals surface area contributed by atoms with E-state index in [2.05, 4.69) is 28.7 Å². The lowest BCUT2D eigenvalue weighted by Crippen LogP contribution is -2.22. The molecule has 3 aromatic rings. The van der Waals surface area contributed by atoms with Gasteiger partial charge in [0.05, 0.1) is 43.7 Å². The van der Waals surface area contributed by atoms with Crippen LogP contribution in [0.4, 0.5) is 0 Å². The van der Waals surface area contributed by atoms with Crippen LogP contribution in [0.3, 0.4) is 0 Å². The minimum atomic E-state index is -4.62. The van der Waals surface area contributed by atoms with Crippen molar-refractivity contribution in [3.8, 4) is 23.6 Å². The van der Waals surface area contributed by atoms with Gasteiger partial charge in [0.15, 0.2) is 0 Å². The fourth-order valence-corrected chi connectivity index (χ4v) is 5.50. The van der Waals surface area contributed by atoms with Gasteiger partial charge < -0.3 is 23.5 Å². The van der Waals surface area contributed by atoms with Crippen LogP contribution in [0.5, 0.6) is 11.5 Å². The first-order valence-electron chi connectivity index (χ1n) is 14.7. The van der Waals surface area contributed by atoms with Gasteiger partial charge in [-0.1, -0.05) is 67.6 Å². The summed E-state index contributed by atoms with van der Waals surface area (Å²) in [6.45, 7) is 17.7. The normalized spacial score (nSPS) is 13.5. The monoisotopic (exact) mass is 653 g/mol. The second-order valence-corrected chi connectivity index (χ2v) is 11.7. The molecule has 0 heterocycles. The third kappa shape index (κ3) is 11.0. The van der Waals surface area contributed by atoms with E-state index in [1.54, 1.807) is 30.3 Å². The van der Waals surface area contributed by atoms with E-state index in [0.717, 1.165) is 6.42 Å². The fourth-order valence-electron chi connectivity index (χ4n) is 4.63. The molecule has 0 aliphatic carbocycles. The van der Waals surface area contributed by atoms with Crippen molar-refractivity contribution in [2.45, 2.75) is 30.9 Å². The van der Waals surface area contributed by atoms with Crippen LogP contribution >= 0.6 is 0 Å². The van der Waals surface area contributed by atoms with Crippen LogP contribution in [-0.4, -0.2) is 52.6 Å². The predicted molar refractivity (Wildman–Crippen MR) is 173 cm³/mol. The zero-order valence-electron chi connectivity index (χ0n) is 25.8. The van der Waals surface area contributed by atoms with Gasteiger partial charge >= 0.3 is 0 Å². The average molecular weight is 654 g/mol. The quantitative estimate of drug-likeness (QED) is 0.117. The summed E-state index contributed by atoms with van der Waals surface area (Å²) in [7, 11) is -4.62. The van der Waals surface area contributed by atoms with E-state index in [4.69, 9.17) is 32.1 Å². The van der Waals surface area contributed by atoms with Gasteiger partial charge in [0.1, 0.15) is 34.8 Å². The van der Waals surface area contributed by atoms with Crippen molar-refractivity contribution in [3.63, 3.8) is 0 Å². The van der Waals surface area contributed by atoms with Crippen molar-refractivity contribution in [2.75, 3.05) is 39.6 Å². The Labute approximate surface area is 274 Å². The highest BCUT2D eigenvalue weighted by Crippen LogP contribution is 2.25. The van der Waals surface area contributed by atoms with Crippen LogP contribution < -0.4 is 19.9 Å². The SMILES string of the molecule is [C-]#[N+]/C(C#N)=c1/cc(OCCOCCC(c2ccccc2)S(=O)(=O)[O-])/c(=C(\C#N)[N+]#[C-])cc1OCCOCCC(C)c1ccccc1. The van der Waals surface area contributed by atoms with Gasteiger partial charge in [-0.05, 0) is 42.0 Å². The number of ether oxygens (including phenoxy) is 4. The van der Waals surface area contributed by atoms with Crippen LogP contribution in [0, 0.1) is 35.8 Å². The van der Waals surface area contributed by atoms with Gasteiger partial charge in [0.2, 0.25) is 0 Å². The summed E-state index contributed by atoms with van der Waals surface area (Å²) >= 11 is 0. The van der Waals surface area contributed by atoms with Gasteiger partial charge in [-0.3, -0.25) is 0 Å². The zero-order chi connectivity index (χ0) is 34.1. The lowest BCUT2D eigenvalue weighted by atomic mass is 9.98. The first kappa shape index (κ1) is 36.3. The molecule has 3 aromatic carbocycles. The summed E-state index contributed by atoms with van der Waals surface area (Å²) in [5, 5.41) is 18.1. The Kier molecular flexibility index (Phi) is 14.4. The molecule has 47 heavy (non-hydrogen) atoms. The average Bonchev–Trinajstić information content (AvgIpc) is 3.08. The summed E-state index contributed by atoms with van der Waals surface area (Å²) in [6.07, 6.45) is 0.735. The minimum absolute atomic E-state index is 0.0226. The molecule has 11 nitrogen and oxygen atoms in total. The Morgan fingerprint density at radius 3 is 1.62 bits per heavy atom. The topological polar surface area (TPSA) is 150 Å². The van der Waals surface area contributed by atoms with Crippen LogP contribution in [0.25, 0.3) is 21.1 Å². The molecule has 2 unspecified atom stereocenters. The molecule has 0 aliphatic rings. The lowest BCUT2D eigenvalue weighted by molar-refractivity contribution is 0.0946. The third-order valence-electron chi connectivity index (χ3n) is 7.11. The molecule has 242 valence electrons. The molecule has 0 fully saturated rings. The molecule has 12 heteroatoms. The standard InChI is InChI=1S/C35H34N4O7S/c1-26(27-10-6-4-7-11-27)14-16-43-18-20-45-33-22-30(32(25-37)39-3)34(23-29(33)31(24-36)38-2)46-21-19-44-17-15-35(47(40,41)42)28-12-8-5-9-13-28/h4-13,22-23,26,35H,14-21H2,1H3,(H,40,41,42)/p-1/b31-29-,32-30+. The maximum atomic E-state index is 11.8. The Hall–Kier alpha value is -5.21. The Morgan fingerprint density at radius 2 is 1.19 bits per heavy atom. The van der Waals surface area contributed by atoms with Gasteiger partial charge in [0, 0.05) is 23.7 Å². The maximum Gasteiger partial charge on any atom is 0.272 e. The van der Waals surface area contributed by atoms with E-state index in [-0.39, 0.29) is 72.8 Å². The van der Waals surface area contributed by atoms with Gasteiger partial charge in [-0.15, -0.1) is 0 Å². The fraction of sp³-hybridized carbons (Fsp3) is 0.314. The Morgan fingerprint density at radius 1 is 0.745 bits per heavy atom. The van der Waals surface area contributed by atoms with Gasteiger partial charge in [0.25, 0.3) is 11.4 Å². The van der Waals surface area contributed by atoms with Crippen LogP contribution in [-0.2, 0) is 19.6 Å². The van der Waals surface area contributed by atoms with E-state index in [1.165, 1.54) is 17.7 Å². The third-order valence-corrected chi connectivity index (χ3v) is 8.31. The highest BCUT2D eigenvalue weighted by Gasteiger charge is 2.18. The number of nitrogens with zero attached hydrogens (tertiary/aromatic N) is 4. The molecule has 2 atom stereocenters. The van der Waals surface area contributed by atoms with E-state index in [9.17, 15) is 23.5 Å². The molecule has 0 saturated carbocycles.